The van der Waals surface area contributed by atoms with Gasteiger partial charge in [-0.3, -0.25) is 19.7 Å². The number of aromatic nitrogens is 1. The number of nitrogens with zero attached hydrogens (tertiary/aromatic N) is 2. The molecule has 2 aliphatic rings. The van der Waals surface area contributed by atoms with Crippen molar-refractivity contribution in [2.45, 2.75) is 32.6 Å². The maximum atomic E-state index is 13.0. The Balaban J connectivity index is 1.47. The molecule has 4 rings (SSSR count). The van der Waals surface area contributed by atoms with Crippen molar-refractivity contribution in [3.8, 4) is 5.75 Å². The summed E-state index contributed by atoms with van der Waals surface area (Å²) in [5.41, 5.74) is 1.06. The molecule has 0 saturated carbocycles. The van der Waals surface area contributed by atoms with Crippen LogP contribution in [-0.4, -0.2) is 47.7 Å². The standard InChI is InChI=1S/C22H25N3O4S/c1-13-5-4-8-25(12-13)21(28)15-10-17-19(18(26)11-15)30-22(23-17)24-20(27)14-6-3-7-16(9-14)29-2/h3,6-7,9,13,15H,4-5,8,10-12H2,1-2H3,(H,23,24,27). The Morgan fingerprint density at radius 1 is 1.30 bits per heavy atom. The Morgan fingerprint density at radius 3 is 2.90 bits per heavy atom. The lowest BCUT2D eigenvalue weighted by atomic mass is 9.88. The topological polar surface area (TPSA) is 88.6 Å². The van der Waals surface area contributed by atoms with Gasteiger partial charge in [-0.15, -0.1) is 0 Å². The van der Waals surface area contributed by atoms with Crippen LogP contribution in [0.5, 0.6) is 5.75 Å². The normalized spacial score (nSPS) is 21.1. The molecule has 2 aromatic rings. The van der Waals surface area contributed by atoms with Crippen LogP contribution in [-0.2, 0) is 11.2 Å². The highest BCUT2D eigenvalue weighted by Crippen LogP contribution is 2.34. The smallest absolute Gasteiger partial charge is 0.257 e. The minimum absolute atomic E-state index is 0.0514. The number of likely N-dealkylation sites (tertiary alicyclic amines) is 1. The molecule has 0 bridgehead atoms. The van der Waals surface area contributed by atoms with E-state index >= 15 is 0 Å². The minimum Gasteiger partial charge on any atom is -0.497 e. The van der Waals surface area contributed by atoms with E-state index in [9.17, 15) is 14.4 Å². The molecule has 1 N–H and O–H groups in total. The lowest BCUT2D eigenvalue weighted by Gasteiger charge is -2.34. The van der Waals surface area contributed by atoms with Crippen LogP contribution in [0, 0.1) is 11.8 Å². The van der Waals surface area contributed by atoms with Gasteiger partial charge in [-0.25, -0.2) is 4.98 Å². The van der Waals surface area contributed by atoms with E-state index in [0.29, 0.717) is 39.4 Å². The fourth-order valence-electron chi connectivity index (χ4n) is 4.14. The van der Waals surface area contributed by atoms with Crippen molar-refractivity contribution < 1.29 is 19.1 Å². The first-order valence-corrected chi connectivity index (χ1v) is 11.0. The summed E-state index contributed by atoms with van der Waals surface area (Å²) in [5.74, 6) is 0.385. The predicted molar refractivity (Wildman–Crippen MR) is 114 cm³/mol. The Kier molecular flexibility index (Phi) is 5.85. The highest BCUT2D eigenvalue weighted by Gasteiger charge is 2.36. The number of methoxy groups -OCH3 is 1. The average molecular weight is 428 g/mol. The van der Waals surface area contributed by atoms with Crippen LogP contribution >= 0.6 is 11.3 Å². The van der Waals surface area contributed by atoms with Crippen LogP contribution in [0.15, 0.2) is 24.3 Å². The number of piperidine rings is 1. The second kappa shape index (κ2) is 8.55. The fraction of sp³-hybridized carbons (Fsp3) is 0.455. The summed E-state index contributed by atoms with van der Waals surface area (Å²) in [4.78, 5) is 45.1. The summed E-state index contributed by atoms with van der Waals surface area (Å²) in [6, 6.07) is 6.83. The summed E-state index contributed by atoms with van der Waals surface area (Å²) < 4.78 is 5.15. The molecular weight excluding hydrogens is 402 g/mol. The summed E-state index contributed by atoms with van der Waals surface area (Å²) in [5, 5.41) is 3.14. The van der Waals surface area contributed by atoms with Gasteiger partial charge in [-0.05, 0) is 37.0 Å². The lowest BCUT2D eigenvalue weighted by molar-refractivity contribution is -0.137. The van der Waals surface area contributed by atoms with Crippen molar-refractivity contribution in [3.63, 3.8) is 0 Å². The number of nitrogens with one attached hydrogen (secondary N) is 1. The van der Waals surface area contributed by atoms with Gasteiger partial charge in [0.05, 0.1) is 23.6 Å². The number of carbonyl (C=O) groups is 3. The maximum Gasteiger partial charge on any atom is 0.257 e. The molecule has 2 unspecified atom stereocenters. The lowest BCUT2D eigenvalue weighted by Crippen LogP contribution is -2.44. The van der Waals surface area contributed by atoms with Gasteiger partial charge in [0.1, 0.15) is 5.75 Å². The van der Waals surface area contributed by atoms with Crippen molar-refractivity contribution in [2.75, 3.05) is 25.5 Å². The van der Waals surface area contributed by atoms with Crippen LogP contribution in [0.1, 0.15) is 51.9 Å². The van der Waals surface area contributed by atoms with Gasteiger partial charge in [0.2, 0.25) is 5.91 Å². The minimum atomic E-state index is -0.362. The highest BCUT2D eigenvalue weighted by molar-refractivity contribution is 7.17. The number of benzene rings is 1. The van der Waals surface area contributed by atoms with Gasteiger partial charge >= 0.3 is 0 Å². The molecule has 2 amide bonds. The maximum absolute atomic E-state index is 13.0. The second-order valence-corrected chi connectivity index (χ2v) is 9.04. The Morgan fingerprint density at radius 2 is 2.13 bits per heavy atom. The summed E-state index contributed by atoms with van der Waals surface area (Å²) in [7, 11) is 1.54. The number of ether oxygens (including phenoxy) is 1. The molecule has 7 nitrogen and oxygen atoms in total. The molecule has 1 fully saturated rings. The van der Waals surface area contributed by atoms with Crippen molar-refractivity contribution in [1.82, 2.24) is 9.88 Å². The molecule has 1 aromatic carbocycles. The van der Waals surface area contributed by atoms with E-state index in [2.05, 4.69) is 17.2 Å². The van der Waals surface area contributed by atoms with Crippen molar-refractivity contribution >= 4 is 34.1 Å². The molecule has 1 aromatic heterocycles. The van der Waals surface area contributed by atoms with Gasteiger partial charge < -0.3 is 9.64 Å². The predicted octanol–water partition coefficient (Wildman–Crippen LogP) is 3.41. The first-order chi connectivity index (χ1) is 14.4. The van der Waals surface area contributed by atoms with E-state index in [0.717, 1.165) is 25.9 Å². The van der Waals surface area contributed by atoms with Gasteiger partial charge in [-0.2, -0.15) is 0 Å². The number of thiazole rings is 1. The van der Waals surface area contributed by atoms with E-state index in [1.54, 1.807) is 31.4 Å². The third kappa shape index (κ3) is 4.23. The monoisotopic (exact) mass is 427 g/mol. The number of anilines is 1. The van der Waals surface area contributed by atoms with E-state index in [1.807, 2.05) is 4.90 Å². The number of hydrogen-bond acceptors (Lipinski definition) is 6. The largest absolute Gasteiger partial charge is 0.497 e. The molecule has 2 atom stereocenters. The number of hydrogen-bond donors (Lipinski definition) is 1. The summed E-state index contributed by atoms with van der Waals surface area (Å²) in [6.07, 6.45) is 2.80. The van der Waals surface area contributed by atoms with E-state index < -0.39 is 0 Å². The number of Topliss-reactive ketones (excluding diaryl/α,β-unsaturated/α-hetero) is 1. The summed E-state index contributed by atoms with van der Waals surface area (Å²) in [6.45, 7) is 3.68. The van der Waals surface area contributed by atoms with Crippen LogP contribution < -0.4 is 10.1 Å². The SMILES string of the molecule is COc1cccc(C(=O)Nc2nc3c(s2)C(=O)CC(C(=O)N2CCCC(C)C2)C3)c1. The molecule has 158 valence electrons. The van der Waals surface area contributed by atoms with Gasteiger partial charge in [0, 0.05) is 31.5 Å². The van der Waals surface area contributed by atoms with E-state index in [4.69, 9.17) is 4.74 Å². The number of ketones is 1. The van der Waals surface area contributed by atoms with E-state index in [-0.39, 0.29) is 29.9 Å². The fourth-order valence-corrected chi connectivity index (χ4v) is 5.08. The number of carbonyl (C=O) groups excluding carboxylic acids is 3. The van der Waals surface area contributed by atoms with Crippen molar-refractivity contribution in [3.05, 3.63) is 40.4 Å². The van der Waals surface area contributed by atoms with Crippen LogP contribution in [0.2, 0.25) is 0 Å². The molecule has 0 spiro atoms. The number of rotatable bonds is 4. The first-order valence-electron chi connectivity index (χ1n) is 10.2. The molecule has 30 heavy (non-hydrogen) atoms. The van der Waals surface area contributed by atoms with Crippen LogP contribution in [0.4, 0.5) is 5.13 Å². The summed E-state index contributed by atoms with van der Waals surface area (Å²) >= 11 is 1.18. The molecule has 2 heterocycles. The van der Waals surface area contributed by atoms with Gasteiger partial charge in [-0.1, -0.05) is 24.3 Å². The molecule has 0 radical (unpaired) electrons. The zero-order valence-electron chi connectivity index (χ0n) is 17.1. The quantitative estimate of drug-likeness (QED) is 0.808. The Hall–Kier alpha value is -2.74. The third-order valence-corrected chi connectivity index (χ3v) is 6.75. The zero-order chi connectivity index (χ0) is 21.3. The number of fused-ring (bicyclic) bond motifs is 1. The van der Waals surface area contributed by atoms with Crippen LogP contribution in [0.25, 0.3) is 0 Å². The zero-order valence-corrected chi connectivity index (χ0v) is 18.0. The molecule has 1 aliphatic carbocycles. The van der Waals surface area contributed by atoms with Crippen molar-refractivity contribution in [2.24, 2.45) is 11.8 Å². The van der Waals surface area contributed by atoms with Gasteiger partial charge in [0.15, 0.2) is 10.9 Å². The first kappa shape index (κ1) is 20.5. The average Bonchev–Trinajstić information content (AvgIpc) is 3.16. The Bertz CT molecular complexity index is 987. The molecule has 1 aliphatic heterocycles. The second-order valence-electron chi connectivity index (χ2n) is 8.04. The van der Waals surface area contributed by atoms with Gasteiger partial charge in [0.25, 0.3) is 5.91 Å². The van der Waals surface area contributed by atoms with E-state index in [1.165, 1.54) is 11.3 Å². The molecular formula is C22H25N3O4S. The van der Waals surface area contributed by atoms with Crippen molar-refractivity contribution in [1.29, 1.82) is 0 Å². The molecule has 1 saturated heterocycles. The number of amides is 2. The van der Waals surface area contributed by atoms with Crippen LogP contribution in [0.3, 0.4) is 0 Å². The molecule has 8 heteroatoms. The Labute approximate surface area is 179 Å². The highest BCUT2D eigenvalue weighted by atomic mass is 32.1. The third-order valence-electron chi connectivity index (χ3n) is 5.69.